The number of allylic oxidation sites excluding steroid dienone is 10. The van der Waals surface area contributed by atoms with Gasteiger partial charge in [-0.1, -0.05) is 136 Å². The summed E-state index contributed by atoms with van der Waals surface area (Å²) in [4.78, 5) is 8.88. The number of hydrogen-bond acceptors (Lipinski definition) is 3. The average Bonchev–Trinajstić information content (AvgIpc) is 3.41. The molecule has 4 heterocycles. The molecule has 61 heavy (non-hydrogen) atoms. The zero-order valence-corrected chi connectivity index (χ0v) is 37.7. The normalized spacial score (nSPS) is 14.2. The molecule has 310 valence electrons. The van der Waals surface area contributed by atoms with E-state index in [1.807, 2.05) is 52.2 Å². The van der Waals surface area contributed by atoms with Gasteiger partial charge >= 0.3 is 0 Å². The second kappa shape index (κ2) is 22.5. The van der Waals surface area contributed by atoms with E-state index in [0.29, 0.717) is 0 Å². The standard InChI is InChI=1S/C38H37N3.C15H13N.2C2H6/c1-6-9-28(3)24-30-11-15-32(16-12-30)33-17-13-31(14-18-33)25-34(29(4)7-2)10-8-22-41-37-19-21-39-26-35(37)36-27-40(5)23-20-38(36)41;1-16-11-12-7-3-2-4-8-13(12)14-9-5-6-10-15(14)16;2*1-2/h1,7-23,26H,24-25,27H2,2-5H3;2-3,5-10H,11H2,1H3;2*1-2H3/b22-8+,28-9+,29-7-,34-10-;;;. The molecule has 8 rings (SSSR count). The number of rotatable bonds is 8. The number of terminal acetylenes is 1. The molecule has 0 spiro atoms. The number of likely N-dealkylation sites (N-methyl/N-ethyl adjacent to an activating group) is 1. The summed E-state index contributed by atoms with van der Waals surface area (Å²) in [6, 6.07) is 28.3. The zero-order chi connectivity index (χ0) is 43.7. The first-order chi connectivity index (χ1) is 29.8. The number of para-hydroxylation sites is 1. The second-order valence-electron chi connectivity index (χ2n) is 14.9. The molecule has 0 unspecified atom stereocenters. The first-order valence-corrected chi connectivity index (χ1v) is 21.6. The van der Waals surface area contributed by atoms with Gasteiger partial charge in [-0.3, -0.25) is 4.98 Å². The summed E-state index contributed by atoms with van der Waals surface area (Å²) in [5, 5.41) is 1.21. The molecule has 1 aliphatic carbocycles. The van der Waals surface area contributed by atoms with Crippen LogP contribution in [-0.4, -0.2) is 35.1 Å². The van der Waals surface area contributed by atoms with Crippen LogP contribution in [0.4, 0.5) is 5.69 Å². The minimum Gasteiger partial charge on any atom is -0.376 e. The predicted molar refractivity (Wildman–Crippen MR) is 266 cm³/mol. The van der Waals surface area contributed by atoms with E-state index >= 15 is 0 Å². The molecule has 0 N–H and O–H groups in total. The van der Waals surface area contributed by atoms with Crippen molar-refractivity contribution in [3.05, 3.63) is 202 Å². The van der Waals surface area contributed by atoms with Crippen LogP contribution in [0.5, 0.6) is 0 Å². The lowest BCUT2D eigenvalue weighted by Gasteiger charge is -2.29. The maximum Gasteiger partial charge on any atom is 0.0563 e. The highest BCUT2D eigenvalue weighted by atomic mass is 15.1. The van der Waals surface area contributed by atoms with E-state index in [4.69, 9.17) is 6.42 Å². The molecular formula is C57H62N4. The van der Waals surface area contributed by atoms with E-state index in [0.717, 1.165) is 25.9 Å². The summed E-state index contributed by atoms with van der Waals surface area (Å²) in [6.45, 7) is 16.2. The molecule has 3 aliphatic rings. The van der Waals surface area contributed by atoms with E-state index in [1.54, 1.807) is 0 Å². The number of nitrogens with zero attached hydrogens (tertiary/aromatic N) is 4. The number of pyridine rings is 1. The van der Waals surface area contributed by atoms with E-state index in [-0.39, 0.29) is 0 Å². The number of hydrogen-bond donors (Lipinski definition) is 0. The van der Waals surface area contributed by atoms with Crippen molar-refractivity contribution < 1.29 is 0 Å². The van der Waals surface area contributed by atoms with Gasteiger partial charge in [0.25, 0.3) is 0 Å². The van der Waals surface area contributed by atoms with Crippen LogP contribution in [0, 0.1) is 12.3 Å². The van der Waals surface area contributed by atoms with Gasteiger partial charge in [0.2, 0.25) is 0 Å². The molecule has 0 atom stereocenters. The number of aromatic nitrogens is 2. The van der Waals surface area contributed by atoms with Gasteiger partial charge in [-0.2, -0.15) is 0 Å². The fourth-order valence-electron chi connectivity index (χ4n) is 7.67. The molecule has 4 heteroatoms. The molecule has 5 aromatic rings. The summed E-state index contributed by atoms with van der Waals surface area (Å²) in [5.41, 5.74) is 21.0. The van der Waals surface area contributed by atoms with Gasteiger partial charge in [0, 0.05) is 74.2 Å². The molecule has 2 aliphatic heterocycles. The fraction of sp³-hybridized carbons (Fsp3) is 0.228. The van der Waals surface area contributed by atoms with Crippen molar-refractivity contribution >= 4 is 34.4 Å². The molecular weight excluding hydrogens is 741 g/mol. The van der Waals surface area contributed by atoms with E-state index in [9.17, 15) is 0 Å². The van der Waals surface area contributed by atoms with Gasteiger partial charge in [0.1, 0.15) is 0 Å². The lowest BCUT2D eigenvalue weighted by atomic mass is 9.94. The third kappa shape index (κ3) is 11.3. The number of anilines is 1. The molecule has 0 amide bonds. The van der Waals surface area contributed by atoms with Crippen molar-refractivity contribution in [2.45, 2.75) is 67.9 Å². The molecule has 4 nitrogen and oxygen atoms in total. The monoisotopic (exact) mass is 802 g/mol. The Morgan fingerprint density at radius 1 is 0.852 bits per heavy atom. The van der Waals surface area contributed by atoms with Crippen LogP contribution in [0.1, 0.15) is 76.4 Å². The Kier molecular flexibility index (Phi) is 16.7. The quantitative estimate of drug-likeness (QED) is 0.0887. The topological polar surface area (TPSA) is 24.3 Å². The van der Waals surface area contributed by atoms with E-state index in [1.165, 1.54) is 83.5 Å². The van der Waals surface area contributed by atoms with Crippen LogP contribution in [0.3, 0.4) is 0 Å². The van der Waals surface area contributed by atoms with Crippen LogP contribution in [0.25, 0.3) is 39.9 Å². The highest BCUT2D eigenvalue weighted by Crippen LogP contribution is 2.36. The van der Waals surface area contributed by atoms with Crippen LogP contribution in [0.2, 0.25) is 0 Å². The molecule has 0 fully saturated rings. The minimum atomic E-state index is 0.875. The molecule has 0 saturated carbocycles. The Morgan fingerprint density at radius 2 is 1.54 bits per heavy atom. The van der Waals surface area contributed by atoms with Crippen molar-refractivity contribution in [2.24, 2.45) is 0 Å². The summed E-state index contributed by atoms with van der Waals surface area (Å²) in [7, 11) is 4.24. The second-order valence-corrected chi connectivity index (χ2v) is 14.9. The van der Waals surface area contributed by atoms with Gasteiger partial charge in [0.05, 0.1) is 11.2 Å². The molecule has 0 saturated heterocycles. The number of benzene rings is 3. The first-order valence-electron chi connectivity index (χ1n) is 21.6. The summed E-state index contributed by atoms with van der Waals surface area (Å²) in [6.07, 6.45) is 34.2. The van der Waals surface area contributed by atoms with Gasteiger partial charge < -0.3 is 14.4 Å². The lowest BCUT2D eigenvalue weighted by Crippen LogP contribution is -2.24. The van der Waals surface area contributed by atoms with Crippen molar-refractivity contribution in [2.75, 3.05) is 25.5 Å². The maximum atomic E-state index is 5.40. The van der Waals surface area contributed by atoms with Crippen molar-refractivity contribution in [3.8, 4) is 23.5 Å². The Labute approximate surface area is 366 Å². The van der Waals surface area contributed by atoms with Crippen molar-refractivity contribution in [3.63, 3.8) is 0 Å². The third-order valence-electron chi connectivity index (χ3n) is 10.8. The number of fused-ring (bicyclic) bond motifs is 5. The minimum absolute atomic E-state index is 0.875. The highest BCUT2D eigenvalue weighted by Gasteiger charge is 2.20. The van der Waals surface area contributed by atoms with Crippen LogP contribution >= 0.6 is 0 Å². The largest absolute Gasteiger partial charge is 0.376 e. The van der Waals surface area contributed by atoms with E-state index in [2.05, 4.69) is 200 Å². The molecule has 3 aromatic carbocycles. The Hall–Kier alpha value is -6.79. The van der Waals surface area contributed by atoms with Crippen molar-refractivity contribution in [1.29, 1.82) is 0 Å². The van der Waals surface area contributed by atoms with E-state index < -0.39 is 0 Å². The predicted octanol–water partition coefficient (Wildman–Crippen LogP) is 14.1. The lowest BCUT2D eigenvalue weighted by molar-refractivity contribution is 0.449. The van der Waals surface area contributed by atoms with Crippen LogP contribution in [0.15, 0.2) is 174 Å². The third-order valence-corrected chi connectivity index (χ3v) is 10.8. The molecule has 0 radical (unpaired) electrons. The maximum absolute atomic E-state index is 5.40. The average molecular weight is 803 g/mol. The van der Waals surface area contributed by atoms with Gasteiger partial charge in [-0.15, -0.1) is 12.2 Å². The SMILES string of the molecule is C#C/C=C(\C)Cc1ccc(-c2ccc(CC(=C/C=C/n3c4c(c5cnccc53)CN(C)C=C4)/C(C)=C\C)cc2)cc1.CC.CC.CN1CC2=C(C=C=CC=C2)c2ccccc21. The van der Waals surface area contributed by atoms with Crippen LogP contribution in [-0.2, 0) is 19.4 Å². The Balaban J connectivity index is 0.000000291. The van der Waals surface area contributed by atoms with Gasteiger partial charge in [-0.25, -0.2) is 0 Å². The fourth-order valence-corrected chi connectivity index (χ4v) is 7.67. The first kappa shape index (κ1) is 45.3. The van der Waals surface area contributed by atoms with Gasteiger partial charge in [0.15, 0.2) is 0 Å². The highest BCUT2D eigenvalue weighted by molar-refractivity contribution is 5.90. The smallest absolute Gasteiger partial charge is 0.0563 e. The van der Waals surface area contributed by atoms with Crippen molar-refractivity contribution in [1.82, 2.24) is 14.5 Å². The molecule has 0 bridgehead atoms. The summed E-state index contributed by atoms with van der Waals surface area (Å²) < 4.78 is 2.28. The summed E-state index contributed by atoms with van der Waals surface area (Å²) in [5.74, 6) is 2.61. The Bertz CT molecular complexity index is 2600. The Morgan fingerprint density at radius 3 is 2.23 bits per heavy atom. The van der Waals surface area contributed by atoms with Crippen LogP contribution < -0.4 is 4.90 Å². The molecule has 2 aromatic heterocycles. The van der Waals surface area contributed by atoms with Gasteiger partial charge in [-0.05, 0) is 115 Å². The summed E-state index contributed by atoms with van der Waals surface area (Å²) >= 11 is 0. The zero-order valence-electron chi connectivity index (χ0n) is 37.7.